The highest BCUT2D eigenvalue weighted by atomic mass is 19.1. The topological polar surface area (TPSA) is 46.3 Å². The van der Waals surface area contributed by atoms with Crippen LogP contribution >= 0.6 is 0 Å². The molecule has 0 aliphatic carbocycles. The highest BCUT2D eigenvalue weighted by Gasteiger charge is 2.52. The molecule has 0 radical (unpaired) electrons. The molecule has 12 heavy (non-hydrogen) atoms. The fourth-order valence-electron chi connectivity index (χ4n) is 2.48. The summed E-state index contributed by atoms with van der Waals surface area (Å²) in [7, 11) is 0. The number of hydrogen-bond acceptors (Lipinski definition) is 2. The van der Waals surface area contributed by atoms with Gasteiger partial charge < -0.3 is 5.73 Å². The molecule has 2 aliphatic heterocycles. The third-order valence-electron chi connectivity index (χ3n) is 3.06. The molecule has 2 N–H and O–H groups in total. The highest BCUT2D eigenvalue weighted by molar-refractivity contribution is 5.85. The van der Waals surface area contributed by atoms with E-state index in [1.165, 1.54) is 0 Å². The summed E-state index contributed by atoms with van der Waals surface area (Å²) >= 11 is 0. The minimum absolute atomic E-state index is 0.308. The second kappa shape index (κ2) is 2.42. The molecule has 2 fully saturated rings. The Balaban J connectivity index is 2.26. The van der Waals surface area contributed by atoms with Crippen molar-refractivity contribution in [2.75, 3.05) is 13.1 Å². The van der Waals surface area contributed by atoms with Gasteiger partial charge in [0.25, 0.3) is 0 Å². The number of hydrogen-bond donors (Lipinski definition) is 1. The second-order valence-corrected chi connectivity index (χ2v) is 3.75. The number of carbonyl (C=O) groups is 1. The summed E-state index contributed by atoms with van der Waals surface area (Å²) in [4.78, 5) is 13.1. The molecule has 2 rings (SSSR count). The van der Waals surface area contributed by atoms with Crippen molar-refractivity contribution in [2.24, 2.45) is 5.73 Å². The summed E-state index contributed by atoms with van der Waals surface area (Å²) in [5.41, 5.74) is 4.66. The second-order valence-electron chi connectivity index (χ2n) is 3.75. The predicted molar refractivity (Wildman–Crippen MR) is 42.2 cm³/mol. The number of carbonyl (C=O) groups excluding carboxylic acids is 1. The van der Waals surface area contributed by atoms with Crippen LogP contribution < -0.4 is 5.73 Å². The molecule has 2 heterocycles. The van der Waals surface area contributed by atoms with Crippen molar-refractivity contribution in [3.8, 4) is 0 Å². The number of nitrogens with zero attached hydrogens (tertiary/aromatic N) is 1. The van der Waals surface area contributed by atoms with Gasteiger partial charge in [-0.05, 0) is 19.4 Å². The monoisotopic (exact) mass is 172 g/mol. The van der Waals surface area contributed by atoms with Gasteiger partial charge in [0.05, 0.1) is 0 Å². The van der Waals surface area contributed by atoms with Gasteiger partial charge in [0.15, 0.2) is 0 Å². The fraction of sp³-hybridized carbons (Fsp3) is 0.875. The molecule has 2 saturated heterocycles. The number of rotatable bonds is 1. The van der Waals surface area contributed by atoms with E-state index < -0.39 is 11.7 Å². The van der Waals surface area contributed by atoms with Crippen LogP contribution in [0.1, 0.15) is 19.3 Å². The zero-order chi connectivity index (χ0) is 8.77. The Morgan fingerprint density at radius 1 is 1.67 bits per heavy atom. The summed E-state index contributed by atoms with van der Waals surface area (Å²) in [5.74, 6) is -0.347. The Labute approximate surface area is 70.7 Å². The van der Waals surface area contributed by atoms with Gasteiger partial charge in [-0.2, -0.15) is 0 Å². The van der Waals surface area contributed by atoms with Gasteiger partial charge >= 0.3 is 0 Å². The molecular formula is C8H13FN2O. The van der Waals surface area contributed by atoms with Crippen molar-refractivity contribution in [3.05, 3.63) is 0 Å². The molecule has 2 aliphatic rings. The van der Waals surface area contributed by atoms with E-state index >= 15 is 0 Å². The molecule has 68 valence electrons. The van der Waals surface area contributed by atoms with Crippen LogP contribution in [0.4, 0.5) is 4.39 Å². The van der Waals surface area contributed by atoms with Crippen LogP contribution in [-0.2, 0) is 4.79 Å². The summed E-state index contributed by atoms with van der Waals surface area (Å²) < 4.78 is 13.0. The maximum Gasteiger partial charge on any atom is 0.238 e. The number of nitrogens with two attached hydrogens (primary N) is 1. The van der Waals surface area contributed by atoms with Gasteiger partial charge in [-0.1, -0.05) is 0 Å². The van der Waals surface area contributed by atoms with Gasteiger partial charge in [-0.25, -0.2) is 4.39 Å². The SMILES string of the molecule is NC(=O)[C@]12CCCN1C[C@@H](F)C2. The van der Waals surface area contributed by atoms with Crippen LogP contribution in [0.2, 0.25) is 0 Å². The van der Waals surface area contributed by atoms with E-state index in [-0.39, 0.29) is 5.91 Å². The van der Waals surface area contributed by atoms with Crippen molar-refractivity contribution in [1.29, 1.82) is 0 Å². The summed E-state index contributed by atoms with van der Waals surface area (Å²) in [6.45, 7) is 1.21. The first-order chi connectivity index (χ1) is 5.65. The first-order valence-electron chi connectivity index (χ1n) is 4.34. The van der Waals surface area contributed by atoms with Gasteiger partial charge in [-0.3, -0.25) is 9.69 Å². The maximum absolute atomic E-state index is 13.0. The van der Waals surface area contributed by atoms with E-state index in [1.54, 1.807) is 0 Å². The molecule has 1 amide bonds. The molecule has 3 nitrogen and oxygen atoms in total. The van der Waals surface area contributed by atoms with Crippen LogP contribution in [0.25, 0.3) is 0 Å². The van der Waals surface area contributed by atoms with Gasteiger partial charge in [0, 0.05) is 13.0 Å². The first kappa shape index (κ1) is 7.98. The summed E-state index contributed by atoms with van der Waals surface area (Å²) in [6, 6.07) is 0. The predicted octanol–water partition coefficient (Wildman–Crippen LogP) is 0.0481. The minimum Gasteiger partial charge on any atom is -0.368 e. The Kier molecular flexibility index (Phi) is 1.61. The third-order valence-corrected chi connectivity index (χ3v) is 3.06. The Morgan fingerprint density at radius 3 is 3.00 bits per heavy atom. The van der Waals surface area contributed by atoms with Crippen LogP contribution in [0.15, 0.2) is 0 Å². The Hall–Kier alpha value is -0.640. The minimum atomic E-state index is -0.863. The van der Waals surface area contributed by atoms with E-state index in [1.807, 2.05) is 4.90 Å². The normalized spacial score (nSPS) is 41.6. The number of primary amides is 1. The lowest BCUT2D eigenvalue weighted by Gasteiger charge is -2.27. The smallest absolute Gasteiger partial charge is 0.238 e. The van der Waals surface area contributed by atoms with Crippen molar-refractivity contribution in [3.63, 3.8) is 0 Å². The largest absolute Gasteiger partial charge is 0.368 e. The van der Waals surface area contributed by atoms with Crippen LogP contribution in [0.5, 0.6) is 0 Å². The number of halogens is 1. The summed E-state index contributed by atoms with van der Waals surface area (Å²) in [5, 5.41) is 0. The van der Waals surface area contributed by atoms with E-state index in [2.05, 4.69) is 0 Å². The van der Waals surface area contributed by atoms with Gasteiger partial charge in [0.1, 0.15) is 11.7 Å². The Bertz CT molecular complexity index is 221. The van der Waals surface area contributed by atoms with Crippen LogP contribution in [0, 0.1) is 0 Å². The number of amides is 1. The van der Waals surface area contributed by atoms with Crippen LogP contribution in [-0.4, -0.2) is 35.6 Å². The Morgan fingerprint density at radius 2 is 2.42 bits per heavy atom. The number of fused-ring (bicyclic) bond motifs is 1. The fourth-order valence-corrected chi connectivity index (χ4v) is 2.48. The van der Waals surface area contributed by atoms with Crippen molar-refractivity contribution >= 4 is 5.91 Å². The average Bonchev–Trinajstić information content (AvgIpc) is 2.42. The van der Waals surface area contributed by atoms with Gasteiger partial charge in [0.2, 0.25) is 5.91 Å². The van der Waals surface area contributed by atoms with Crippen molar-refractivity contribution in [2.45, 2.75) is 31.0 Å². The molecule has 0 spiro atoms. The maximum atomic E-state index is 13.0. The third kappa shape index (κ3) is 0.874. The molecule has 2 atom stereocenters. The summed E-state index contributed by atoms with van der Waals surface area (Å²) in [6.07, 6.45) is 1.15. The lowest BCUT2D eigenvalue weighted by molar-refractivity contribution is -0.127. The molecule has 0 aromatic rings. The quantitative estimate of drug-likeness (QED) is 0.607. The molecule has 0 unspecified atom stereocenters. The highest BCUT2D eigenvalue weighted by Crippen LogP contribution is 2.39. The van der Waals surface area contributed by atoms with Gasteiger partial charge in [-0.15, -0.1) is 0 Å². The standard InChI is InChI=1S/C8H13FN2O/c9-6-4-8(7(10)12)2-1-3-11(8)5-6/h6H,1-5H2,(H2,10,12)/t6-,8+/m0/s1. The molecule has 4 heteroatoms. The van der Waals surface area contributed by atoms with E-state index in [9.17, 15) is 9.18 Å². The van der Waals surface area contributed by atoms with Crippen LogP contribution in [0.3, 0.4) is 0 Å². The molecular weight excluding hydrogens is 159 g/mol. The van der Waals surface area contributed by atoms with E-state index in [4.69, 9.17) is 5.73 Å². The van der Waals surface area contributed by atoms with Crippen molar-refractivity contribution in [1.82, 2.24) is 4.90 Å². The number of alkyl halides is 1. The van der Waals surface area contributed by atoms with E-state index in [0.29, 0.717) is 13.0 Å². The lowest BCUT2D eigenvalue weighted by atomic mass is 9.93. The average molecular weight is 172 g/mol. The van der Waals surface area contributed by atoms with Crippen molar-refractivity contribution < 1.29 is 9.18 Å². The first-order valence-corrected chi connectivity index (χ1v) is 4.34. The molecule has 0 bridgehead atoms. The molecule has 0 aromatic heterocycles. The zero-order valence-electron chi connectivity index (χ0n) is 6.92. The lowest BCUT2D eigenvalue weighted by Crippen LogP contribution is -2.49. The molecule has 0 saturated carbocycles. The van der Waals surface area contributed by atoms with E-state index in [0.717, 1.165) is 19.4 Å². The molecule has 0 aromatic carbocycles. The zero-order valence-corrected chi connectivity index (χ0v) is 6.92.